The number of benzene rings is 2. The molecule has 172 valence electrons. The molecule has 1 aromatic heterocycles. The summed E-state index contributed by atoms with van der Waals surface area (Å²) in [7, 11) is 0. The Kier molecular flexibility index (Phi) is 5.38. The summed E-state index contributed by atoms with van der Waals surface area (Å²) in [6, 6.07) is 11.8. The molecular formula is C21H16Cl2F3N5O2. The zero-order valence-corrected chi connectivity index (χ0v) is 18.3. The van der Waals surface area contributed by atoms with Crippen LogP contribution in [-0.2, 0) is 0 Å². The molecule has 3 heterocycles. The molecule has 2 aliphatic rings. The van der Waals surface area contributed by atoms with Crippen LogP contribution in [0.4, 0.5) is 23.7 Å². The molecule has 12 heteroatoms. The summed E-state index contributed by atoms with van der Waals surface area (Å²) in [4.78, 5) is 14.7. The molecule has 0 bridgehead atoms. The van der Waals surface area contributed by atoms with E-state index in [0.717, 1.165) is 5.56 Å². The Morgan fingerprint density at radius 2 is 1.70 bits per heavy atom. The lowest BCUT2D eigenvalue weighted by atomic mass is 10.0. The minimum Gasteiger partial charge on any atom is -0.406 e. The number of carbonyl (C=O) groups is 1. The maximum atomic E-state index is 13.2. The summed E-state index contributed by atoms with van der Waals surface area (Å²) in [5, 5.41) is 8.93. The van der Waals surface area contributed by atoms with Crippen molar-refractivity contribution < 1.29 is 22.7 Å². The lowest BCUT2D eigenvalue weighted by molar-refractivity contribution is -0.274. The molecule has 2 atom stereocenters. The van der Waals surface area contributed by atoms with Gasteiger partial charge in [-0.2, -0.15) is 10.1 Å². The van der Waals surface area contributed by atoms with Gasteiger partial charge >= 0.3 is 12.4 Å². The summed E-state index contributed by atoms with van der Waals surface area (Å²) in [5.74, 6) is -0.353. The Bertz CT molecular complexity index is 1170. The largest absolute Gasteiger partial charge is 0.573 e. The third-order valence-electron chi connectivity index (χ3n) is 5.60. The average Bonchev–Trinajstić information content (AvgIpc) is 3.43. The number of ether oxygens (including phenoxy) is 1. The SMILES string of the molecule is O=C1N(c2ccc(OC(F)(F)F)cc2)CN2C(c3ccc(Cl)cc3)C(n3cc(Cl)cn3)CN12. The fraction of sp³-hybridized carbons (Fsp3) is 0.238. The van der Waals surface area contributed by atoms with Crippen LogP contribution in [-0.4, -0.2) is 45.4 Å². The highest BCUT2D eigenvalue weighted by molar-refractivity contribution is 6.30. The van der Waals surface area contributed by atoms with Gasteiger partial charge in [-0.3, -0.25) is 14.6 Å². The number of aromatic nitrogens is 2. The number of nitrogens with zero attached hydrogens (tertiary/aromatic N) is 5. The maximum absolute atomic E-state index is 13.2. The number of alkyl halides is 3. The van der Waals surface area contributed by atoms with E-state index >= 15 is 0 Å². The van der Waals surface area contributed by atoms with Crippen LogP contribution in [0.3, 0.4) is 0 Å². The van der Waals surface area contributed by atoms with Crippen molar-refractivity contribution in [2.45, 2.75) is 18.4 Å². The van der Waals surface area contributed by atoms with E-state index < -0.39 is 6.36 Å². The third-order valence-corrected chi connectivity index (χ3v) is 6.04. The number of hydrogen-bond acceptors (Lipinski definition) is 4. The van der Waals surface area contributed by atoms with E-state index in [1.54, 1.807) is 28.0 Å². The second-order valence-corrected chi connectivity index (χ2v) is 8.49. The van der Waals surface area contributed by atoms with Crippen molar-refractivity contribution in [3.63, 3.8) is 0 Å². The zero-order chi connectivity index (χ0) is 23.3. The lowest BCUT2D eigenvalue weighted by Gasteiger charge is -2.26. The molecule has 0 spiro atoms. The van der Waals surface area contributed by atoms with E-state index in [1.165, 1.54) is 35.4 Å². The second-order valence-electron chi connectivity index (χ2n) is 7.62. The molecule has 2 aliphatic heterocycles. The van der Waals surface area contributed by atoms with Crippen molar-refractivity contribution >= 4 is 34.9 Å². The Morgan fingerprint density at radius 1 is 1.00 bits per heavy atom. The minimum absolute atomic E-state index is 0.202. The van der Waals surface area contributed by atoms with Crippen LogP contribution in [0.25, 0.3) is 0 Å². The van der Waals surface area contributed by atoms with Crippen LogP contribution in [0.15, 0.2) is 60.9 Å². The summed E-state index contributed by atoms with van der Waals surface area (Å²) in [6.45, 7) is 0.549. The molecule has 5 rings (SSSR count). The van der Waals surface area contributed by atoms with Crippen LogP contribution in [0.5, 0.6) is 5.75 Å². The van der Waals surface area contributed by atoms with E-state index in [4.69, 9.17) is 23.2 Å². The van der Waals surface area contributed by atoms with Crippen molar-refractivity contribution in [3.8, 4) is 5.75 Å². The summed E-state index contributed by atoms with van der Waals surface area (Å²) in [5.41, 5.74) is 1.39. The van der Waals surface area contributed by atoms with Gasteiger partial charge in [-0.25, -0.2) is 4.79 Å². The maximum Gasteiger partial charge on any atom is 0.573 e. The van der Waals surface area contributed by atoms with E-state index in [1.807, 2.05) is 17.1 Å². The number of hydrazine groups is 1. The molecule has 0 aliphatic carbocycles. The number of carbonyl (C=O) groups excluding carboxylic acids is 1. The number of halogens is 5. The van der Waals surface area contributed by atoms with Crippen LogP contribution >= 0.6 is 23.2 Å². The van der Waals surface area contributed by atoms with Crippen LogP contribution in [0.2, 0.25) is 10.0 Å². The van der Waals surface area contributed by atoms with Gasteiger partial charge in [-0.05, 0) is 42.0 Å². The fourth-order valence-electron chi connectivity index (χ4n) is 4.23. The van der Waals surface area contributed by atoms with Gasteiger partial charge in [0.15, 0.2) is 0 Å². The quantitative estimate of drug-likeness (QED) is 0.477. The Labute approximate surface area is 196 Å². The first-order chi connectivity index (χ1) is 15.7. The van der Waals surface area contributed by atoms with Gasteiger partial charge in [-0.15, -0.1) is 13.2 Å². The molecule has 33 heavy (non-hydrogen) atoms. The summed E-state index contributed by atoms with van der Waals surface area (Å²) in [6.07, 6.45) is -1.53. The molecule has 0 N–H and O–H groups in total. The van der Waals surface area contributed by atoms with E-state index in [-0.39, 0.29) is 30.5 Å². The molecule has 2 fully saturated rings. The monoisotopic (exact) mass is 497 g/mol. The predicted molar refractivity (Wildman–Crippen MR) is 115 cm³/mol. The van der Waals surface area contributed by atoms with Crippen molar-refractivity contribution in [2.24, 2.45) is 0 Å². The second kappa shape index (κ2) is 8.12. The highest BCUT2D eigenvalue weighted by Crippen LogP contribution is 2.44. The molecule has 0 radical (unpaired) electrons. The third kappa shape index (κ3) is 4.21. The smallest absolute Gasteiger partial charge is 0.406 e. The van der Waals surface area contributed by atoms with Crippen LogP contribution in [0, 0.1) is 0 Å². The van der Waals surface area contributed by atoms with Gasteiger partial charge in [0.2, 0.25) is 0 Å². The average molecular weight is 498 g/mol. The number of rotatable bonds is 4. The number of fused-ring (bicyclic) bond motifs is 1. The Morgan fingerprint density at radius 3 is 2.30 bits per heavy atom. The van der Waals surface area contributed by atoms with E-state index in [9.17, 15) is 18.0 Å². The summed E-state index contributed by atoms with van der Waals surface area (Å²) < 4.78 is 43.0. The Balaban J connectivity index is 1.44. The molecular weight excluding hydrogens is 482 g/mol. The van der Waals surface area contributed by atoms with Gasteiger partial charge < -0.3 is 4.74 Å². The Hall–Kier alpha value is -2.95. The standard InChI is InChI=1S/C21H16Cl2F3N5O2/c22-14-3-1-13(2-4-14)19-18(29-10-15(23)9-27-29)11-30-20(32)28(12-31(19)30)16-5-7-17(8-6-16)33-21(24,25)26/h1-10,18-19H,11-12H2. The van der Waals surface area contributed by atoms with Crippen LogP contribution in [0.1, 0.15) is 17.6 Å². The van der Waals surface area contributed by atoms with Crippen molar-refractivity contribution in [1.29, 1.82) is 0 Å². The van der Waals surface area contributed by atoms with Gasteiger partial charge in [0.1, 0.15) is 5.75 Å². The zero-order valence-electron chi connectivity index (χ0n) is 16.8. The minimum atomic E-state index is -4.78. The van der Waals surface area contributed by atoms with Crippen molar-refractivity contribution in [2.75, 3.05) is 18.1 Å². The molecule has 2 aromatic carbocycles. The highest BCUT2D eigenvalue weighted by atomic mass is 35.5. The first-order valence-corrected chi connectivity index (χ1v) is 10.6. The van der Waals surface area contributed by atoms with Crippen LogP contribution < -0.4 is 9.64 Å². The van der Waals surface area contributed by atoms with E-state index in [0.29, 0.717) is 22.3 Å². The number of amides is 2. The molecule has 7 nitrogen and oxygen atoms in total. The van der Waals surface area contributed by atoms with Crippen molar-refractivity contribution in [3.05, 3.63) is 76.5 Å². The van der Waals surface area contributed by atoms with Gasteiger partial charge in [0, 0.05) is 16.9 Å². The molecule has 3 aromatic rings. The number of hydrogen-bond donors (Lipinski definition) is 0. The van der Waals surface area contributed by atoms with E-state index in [2.05, 4.69) is 9.84 Å². The number of urea groups is 1. The molecule has 0 saturated carbocycles. The molecule has 2 saturated heterocycles. The fourth-order valence-corrected chi connectivity index (χ4v) is 4.50. The first kappa shape index (κ1) is 21.9. The molecule has 2 amide bonds. The predicted octanol–water partition coefficient (Wildman–Crippen LogP) is 5.50. The molecule has 2 unspecified atom stereocenters. The van der Waals surface area contributed by atoms with Gasteiger partial charge in [0.05, 0.1) is 36.5 Å². The number of anilines is 1. The van der Waals surface area contributed by atoms with Crippen molar-refractivity contribution in [1.82, 2.24) is 19.8 Å². The normalized spacial score (nSPS) is 21.1. The summed E-state index contributed by atoms with van der Waals surface area (Å²) >= 11 is 12.1. The topological polar surface area (TPSA) is 53.8 Å². The van der Waals surface area contributed by atoms with Gasteiger partial charge in [-0.1, -0.05) is 35.3 Å². The lowest BCUT2D eigenvalue weighted by Crippen LogP contribution is -2.33. The highest BCUT2D eigenvalue weighted by Gasteiger charge is 2.51. The first-order valence-electron chi connectivity index (χ1n) is 9.86. The van der Waals surface area contributed by atoms with Gasteiger partial charge in [0.25, 0.3) is 0 Å².